The van der Waals surface area contributed by atoms with Crippen molar-refractivity contribution in [2.75, 3.05) is 4.90 Å². The third-order valence-electron chi connectivity index (χ3n) is 14.8. The minimum Gasteiger partial charge on any atom is -0.309 e. The molecule has 0 saturated heterocycles. The average Bonchev–Trinajstić information content (AvgIpc) is 3.85. The van der Waals surface area contributed by atoms with Gasteiger partial charge >= 0.3 is 0 Å². The fourth-order valence-corrected chi connectivity index (χ4v) is 12.0. The lowest BCUT2D eigenvalue weighted by atomic mass is 9.68. The van der Waals surface area contributed by atoms with Crippen LogP contribution in [0.1, 0.15) is 45.9 Å². The Kier molecular flexibility index (Phi) is 8.63. The van der Waals surface area contributed by atoms with Crippen molar-refractivity contribution < 1.29 is 0 Å². The van der Waals surface area contributed by atoms with Crippen molar-refractivity contribution >= 4 is 38.6 Å². The zero-order valence-corrected chi connectivity index (χ0v) is 36.7. The Labute approximate surface area is 386 Å². The Morgan fingerprint density at radius 1 is 0.318 bits per heavy atom. The third kappa shape index (κ3) is 5.35. The van der Waals surface area contributed by atoms with Crippen LogP contribution in [0.25, 0.3) is 54.9 Å². The van der Waals surface area contributed by atoms with Crippen molar-refractivity contribution in [3.05, 3.63) is 294 Å². The number of hydrogen-bond donors (Lipinski definition) is 0. The molecule has 0 aromatic heterocycles. The van der Waals surface area contributed by atoms with Crippen LogP contribution in [0.5, 0.6) is 0 Å². The van der Waals surface area contributed by atoms with Crippen LogP contribution >= 0.6 is 0 Å². The summed E-state index contributed by atoms with van der Waals surface area (Å²) in [5, 5.41) is 4.90. The number of rotatable bonds is 7. The van der Waals surface area contributed by atoms with Gasteiger partial charge < -0.3 is 4.90 Å². The maximum atomic E-state index is 2.62. The molecule has 0 amide bonds. The molecule has 11 aromatic rings. The van der Waals surface area contributed by atoms with Gasteiger partial charge in [-0.2, -0.15) is 0 Å². The zero-order chi connectivity index (χ0) is 43.8. The van der Waals surface area contributed by atoms with Gasteiger partial charge in [-0.1, -0.05) is 237 Å². The van der Waals surface area contributed by atoms with Gasteiger partial charge in [0.1, 0.15) is 0 Å². The van der Waals surface area contributed by atoms with Crippen molar-refractivity contribution in [1.82, 2.24) is 0 Å². The van der Waals surface area contributed by atoms with Crippen LogP contribution in [0.3, 0.4) is 0 Å². The van der Waals surface area contributed by atoms with E-state index in [2.05, 4.69) is 267 Å². The lowest BCUT2D eigenvalue weighted by molar-refractivity contribution is 0.714. The number of anilines is 3. The molecule has 2 aliphatic rings. The van der Waals surface area contributed by atoms with Gasteiger partial charge in [0.2, 0.25) is 0 Å². The lowest BCUT2D eigenvalue weighted by Gasteiger charge is -2.35. The van der Waals surface area contributed by atoms with Gasteiger partial charge in [-0.3, -0.25) is 0 Å². The highest BCUT2D eigenvalue weighted by Crippen LogP contribution is 2.61. The van der Waals surface area contributed by atoms with E-state index in [1.807, 2.05) is 0 Å². The second-order valence-corrected chi connectivity index (χ2v) is 18.0. The van der Waals surface area contributed by atoms with Crippen molar-refractivity contribution in [3.63, 3.8) is 0 Å². The van der Waals surface area contributed by atoms with Crippen LogP contribution in [0.4, 0.5) is 17.1 Å². The molecule has 0 radical (unpaired) electrons. The normalized spacial score (nSPS) is 15.2. The van der Waals surface area contributed by atoms with Gasteiger partial charge in [0.05, 0.1) is 16.8 Å². The first-order chi connectivity index (χ1) is 32.7. The summed E-state index contributed by atoms with van der Waals surface area (Å²) in [5.74, 6) is 0. The summed E-state index contributed by atoms with van der Waals surface area (Å²) in [6.45, 7) is 2.41. The SMILES string of the molecule is CC1(c2ccccc2)c2ccccc2-c2cc(N(c3cccc4c3-c3ccccc3C4(c3ccccc3)c3ccccc3)c3c(-c4ccccc4)c4ccccc4c4ccccc34)ccc21. The maximum absolute atomic E-state index is 2.62. The van der Waals surface area contributed by atoms with Crippen LogP contribution in [0, 0.1) is 0 Å². The second kappa shape index (κ2) is 14.9. The van der Waals surface area contributed by atoms with Gasteiger partial charge in [0, 0.05) is 27.6 Å². The van der Waals surface area contributed by atoms with Crippen LogP contribution in [0.2, 0.25) is 0 Å². The Bertz CT molecular complexity index is 3610. The van der Waals surface area contributed by atoms with E-state index in [0.717, 1.165) is 17.1 Å². The second-order valence-electron chi connectivity index (χ2n) is 18.0. The predicted molar refractivity (Wildman–Crippen MR) is 276 cm³/mol. The highest BCUT2D eigenvalue weighted by atomic mass is 15.2. The fourth-order valence-electron chi connectivity index (χ4n) is 12.0. The topological polar surface area (TPSA) is 3.24 Å². The van der Waals surface area contributed by atoms with E-state index >= 15 is 0 Å². The maximum Gasteiger partial charge on any atom is 0.0714 e. The Morgan fingerprint density at radius 3 is 1.47 bits per heavy atom. The molecule has 2 aliphatic carbocycles. The van der Waals surface area contributed by atoms with E-state index in [1.54, 1.807) is 0 Å². The quantitative estimate of drug-likeness (QED) is 0.145. The summed E-state index contributed by atoms with van der Waals surface area (Å²) in [6, 6.07) is 94.9. The van der Waals surface area contributed by atoms with Crippen molar-refractivity contribution in [2.24, 2.45) is 0 Å². The third-order valence-corrected chi connectivity index (χ3v) is 14.8. The van der Waals surface area contributed by atoms with Crippen molar-refractivity contribution in [2.45, 2.75) is 17.8 Å². The molecule has 1 nitrogen and oxygen atoms in total. The summed E-state index contributed by atoms with van der Waals surface area (Å²) in [4.78, 5) is 2.62. The Morgan fingerprint density at radius 2 is 0.803 bits per heavy atom. The molecule has 1 unspecified atom stereocenters. The lowest BCUT2D eigenvalue weighted by Crippen LogP contribution is -2.28. The summed E-state index contributed by atoms with van der Waals surface area (Å²) in [6.07, 6.45) is 0. The monoisotopic (exact) mass is 839 g/mol. The van der Waals surface area contributed by atoms with E-state index in [9.17, 15) is 0 Å². The molecule has 1 atom stereocenters. The summed E-state index contributed by atoms with van der Waals surface area (Å²) < 4.78 is 0. The largest absolute Gasteiger partial charge is 0.309 e. The van der Waals surface area contributed by atoms with E-state index in [-0.39, 0.29) is 5.41 Å². The first-order valence-electron chi connectivity index (χ1n) is 23.1. The first kappa shape index (κ1) is 38.2. The minimum absolute atomic E-state index is 0.320. The van der Waals surface area contributed by atoms with E-state index < -0.39 is 5.41 Å². The molecule has 66 heavy (non-hydrogen) atoms. The summed E-state index contributed by atoms with van der Waals surface area (Å²) in [5.41, 5.74) is 19.0. The number of nitrogens with zero attached hydrogens (tertiary/aromatic N) is 1. The molecule has 310 valence electrons. The van der Waals surface area contributed by atoms with E-state index in [0.29, 0.717) is 0 Å². The standard InChI is InChI=1S/C65H45N/c1-64(45-25-8-3-9-26-45)56-37-20-18-33-51(56)55-43-48(41-42-57(55)64)66(63-53-35-17-15-32-50(53)49-31-14-16-34-52(49)61(63)44-23-6-2-7-24-44)60-40-22-39-59-62(60)54-36-19-21-38-58(54)65(59,46-27-10-4-11-28-46)47-29-12-5-13-30-47/h2-43H,1H3. The molecule has 0 aliphatic heterocycles. The molecule has 0 saturated carbocycles. The number of hydrogen-bond acceptors (Lipinski definition) is 1. The van der Waals surface area contributed by atoms with Gasteiger partial charge in [-0.15, -0.1) is 0 Å². The minimum atomic E-state index is -0.557. The van der Waals surface area contributed by atoms with Gasteiger partial charge in [0.25, 0.3) is 0 Å². The van der Waals surface area contributed by atoms with Crippen LogP contribution in [-0.2, 0) is 10.8 Å². The molecule has 0 N–H and O–H groups in total. The molecular formula is C65H45N. The Balaban J connectivity index is 1.19. The summed E-state index contributed by atoms with van der Waals surface area (Å²) >= 11 is 0. The average molecular weight is 840 g/mol. The van der Waals surface area contributed by atoms with Crippen LogP contribution < -0.4 is 4.90 Å². The molecule has 0 heterocycles. The van der Waals surface area contributed by atoms with Crippen molar-refractivity contribution in [1.29, 1.82) is 0 Å². The van der Waals surface area contributed by atoms with Crippen LogP contribution in [-0.4, -0.2) is 0 Å². The van der Waals surface area contributed by atoms with E-state index in [4.69, 9.17) is 0 Å². The van der Waals surface area contributed by atoms with Gasteiger partial charge in [0.15, 0.2) is 0 Å². The molecule has 1 heteroatoms. The number of benzene rings is 11. The molecule has 13 rings (SSSR count). The molecule has 11 aromatic carbocycles. The van der Waals surface area contributed by atoms with Crippen molar-refractivity contribution in [3.8, 4) is 33.4 Å². The van der Waals surface area contributed by atoms with E-state index in [1.165, 1.54) is 93.9 Å². The van der Waals surface area contributed by atoms with Gasteiger partial charge in [-0.05, 0) is 102 Å². The van der Waals surface area contributed by atoms with Gasteiger partial charge in [-0.25, -0.2) is 0 Å². The summed E-state index contributed by atoms with van der Waals surface area (Å²) in [7, 11) is 0. The molecule has 0 fully saturated rings. The highest BCUT2D eigenvalue weighted by molar-refractivity contribution is 6.23. The molecule has 0 spiro atoms. The van der Waals surface area contributed by atoms with Crippen LogP contribution in [0.15, 0.2) is 255 Å². The smallest absolute Gasteiger partial charge is 0.0714 e. The number of fused-ring (bicyclic) bond motifs is 9. The molecule has 0 bridgehead atoms. The highest BCUT2D eigenvalue weighted by Gasteiger charge is 2.48. The zero-order valence-electron chi connectivity index (χ0n) is 36.7. The Hall–Kier alpha value is -8.26. The first-order valence-corrected chi connectivity index (χ1v) is 23.1. The predicted octanol–water partition coefficient (Wildman–Crippen LogP) is 16.8. The fraction of sp³-hybridized carbons (Fsp3) is 0.0462. The molecular weight excluding hydrogens is 795 g/mol.